The van der Waals surface area contributed by atoms with Crippen molar-refractivity contribution in [2.75, 3.05) is 5.32 Å². The third kappa shape index (κ3) is 4.20. The number of carbonyl (C=O) groups is 1. The number of carbonyl (C=O) groups excluding carboxylic acids is 1. The van der Waals surface area contributed by atoms with Crippen LogP contribution in [0.25, 0.3) is 0 Å². The van der Waals surface area contributed by atoms with Gasteiger partial charge in [-0.25, -0.2) is 4.39 Å². The van der Waals surface area contributed by atoms with Gasteiger partial charge in [0.25, 0.3) is 5.91 Å². The number of benzene rings is 2. The Kier molecular flexibility index (Phi) is 4.81. The highest BCUT2D eigenvalue weighted by Gasteiger charge is 2.15. The lowest BCUT2D eigenvalue weighted by atomic mass is 10.2. The van der Waals surface area contributed by atoms with Crippen LogP contribution in [-0.4, -0.2) is 12.0 Å². The maximum Gasteiger partial charge on any atom is 0.265 e. The first-order chi connectivity index (χ1) is 9.95. The zero-order valence-corrected chi connectivity index (χ0v) is 12.4. The van der Waals surface area contributed by atoms with E-state index in [4.69, 9.17) is 16.3 Å². The van der Waals surface area contributed by atoms with Gasteiger partial charge < -0.3 is 10.1 Å². The predicted octanol–water partition coefficient (Wildman–Crippen LogP) is 4.19. The maximum absolute atomic E-state index is 13.1. The summed E-state index contributed by atoms with van der Waals surface area (Å²) in [6.45, 7) is 3.58. The molecule has 0 aliphatic rings. The molecule has 3 nitrogen and oxygen atoms in total. The van der Waals surface area contributed by atoms with Gasteiger partial charge >= 0.3 is 0 Å². The van der Waals surface area contributed by atoms with Crippen LogP contribution in [0.3, 0.4) is 0 Å². The SMILES string of the molecule is Cc1cccc(O[C@@H](C)C(=O)Nc2ccc(F)c(Cl)c2)c1. The molecular weight excluding hydrogens is 293 g/mol. The van der Waals surface area contributed by atoms with Gasteiger partial charge in [0, 0.05) is 5.69 Å². The summed E-state index contributed by atoms with van der Waals surface area (Å²) >= 11 is 5.67. The van der Waals surface area contributed by atoms with Gasteiger partial charge in [0.1, 0.15) is 11.6 Å². The van der Waals surface area contributed by atoms with Crippen molar-refractivity contribution in [2.24, 2.45) is 0 Å². The molecule has 0 heterocycles. The van der Waals surface area contributed by atoms with Gasteiger partial charge in [-0.3, -0.25) is 4.79 Å². The molecule has 0 unspecified atom stereocenters. The van der Waals surface area contributed by atoms with Gasteiger partial charge in [-0.15, -0.1) is 0 Å². The molecule has 0 fully saturated rings. The fourth-order valence-corrected chi connectivity index (χ4v) is 1.94. The molecule has 1 atom stereocenters. The molecule has 2 aromatic rings. The van der Waals surface area contributed by atoms with Crippen LogP contribution >= 0.6 is 11.6 Å². The Balaban J connectivity index is 2.00. The van der Waals surface area contributed by atoms with Gasteiger partial charge in [0.05, 0.1) is 5.02 Å². The van der Waals surface area contributed by atoms with Crippen molar-refractivity contribution >= 4 is 23.2 Å². The normalized spacial score (nSPS) is 11.8. The average Bonchev–Trinajstić information content (AvgIpc) is 2.43. The smallest absolute Gasteiger partial charge is 0.265 e. The van der Waals surface area contributed by atoms with E-state index in [-0.39, 0.29) is 10.9 Å². The van der Waals surface area contributed by atoms with Crippen LogP contribution < -0.4 is 10.1 Å². The number of amides is 1. The standard InChI is InChI=1S/C16H15ClFNO2/c1-10-4-3-5-13(8-10)21-11(2)16(20)19-12-6-7-15(18)14(17)9-12/h3-9,11H,1-2H3,(H,19,20)/t11-/m0/s1. The molecule has 2 rings (SSSR count). The minimum atomic E-state index is -0.685. The molecule has 2 aromatic carbocycles. The molecule has 1 amide bonds. The van der Waals surface area contributed by atoms with Crippen LogP contribution in [0.2, 0.25) is 5.02 Å². The van der Waals surface area contributed by atoms with Crippen LogP contribution in [0.1, 0.15) is 12.5 Å². The first-order valence-electron chi connectivity index (χ1n) is 6.45. The summed E-state index contributed by atoms with van der Waals surface area (Å²) in [6, 6.07) is 11.4. The lowest BCUT2D eigenvalue weighted by molar-refractivity contribution is -0.122. The first-order valence-corrected chi connectivity index (χ1v) is 6.83. The van der Waals surface area contributed by atoms with E-state index in [9.17, 15) is 9.18 Å². The number of nitrogens with one attached hydrogen (secondary N) is 1. The number of rotatable bonds is 4. The van der Waals surface area contributed by atoms with Crippen LogP contribution in [0.4, 0.5) is 10.1 Å². The summed E-state index contributed by atoms with van der Waals surface area (Å²) in [5, 5.41) is 2.59. The summed E-state index contributed by atoms with van der Waals surface area (Å²) < 4.78 is 18.6. The van der Waals surface area contributed by atoms with Crippen molar-refractivity contribution in [1.82, 2.24) is 0 Å². The van der Waals surface area contributed by atoms with Crippen LogP contribution in [0.5, 0.6) is 5.75 Å². The third-order valence-electron chi connectivity index (χ3n) is 2.86. The second-order valence-corrected chi connectivity index (χ2v) is 5.10. The van der Waals surface area contributed by atoms with Gasteiger partial charge in [0.2, 0.25) is 0 Å². The minimum Gasteiger partial charge on any atom is -0.481 e. The van der Waals surface area contributed by atoms with Crippen molar-refractivity contribution < 1.29 is 13.9 Å². The van der Waals surface area contributed by atoms with Gasteiger partial charge in [0.15, 0.2) is 6.10 Å². The van der Waals surface area contributed by atoms with Gasteiger partial charge in [-0.2, -0.15) is 0 Å². The van der Waals surface area contributed by atoms with E-state index in [1.54, 1.807) is 13.0 Å². The first kappa shape index (κ1) is 15.3. The zero-order valence-electron chi connectivity index (χ0n) is 11.7. The van der Waals surface area contributed by atoms with E-state index in [1.807, 2.05) is 25.1 Å². The highest BCUT2D eigenvalue weighted by atomic mass is 35.5. The quantitative estimate of drug-likeness (QED) is 0.919. The summed E-state index contributed by atoms with van der Waals surface area (Å²) in [4.78, 5) is 12.0. The number of hydrogen-bond donors (Lipinski definition) is 1. The second kappa shape index (κ2) is 6.59. The highest BCUT2D eigenvalue weighted by molar-refractivity contribution is 6.31. The molecule has 0 aliphatic carbocycles. The van der Waals surface area contributed by atoms with E-state index in [0.717, 1.165) is 5.56 Å². The Labute approximate surface area is 127 Å². The monoisotopic (exact) mass is 307 g/mol. The molecule has 0 saturated heterocycles. The third-order valence-corrected chi connectivity index (χ3v) is 3.15. The molecule has 5 heteroatoms. The minimum absolute atomic E-state index is 0.0416. The van der Waals surface area contributed by atoms with E-state index < -0.39 is 11.9 Å². The Morgan fingerprint density at radius 1 is 1.29 bits per heavy atom. The zero-order chi connectivity index (χ0) is 15.4. The number of anilines is 1. The van der Waals surface area contributed by atoms with E-state index in [1.165, 1.54) is 18.2 Å². The fraction of sp³-hybridized carbons (Fsp3) is 0.188. The van der Waals surface area contributed by atoms with E-state index in [0.29, 0.717) is 11.4 Å². The molecule has 0 spiro atoms. The molecule has 0 aliphatic heterocycles. The summed E-state index contributed by atoms with van der Waals surface area (Å²) in [7, 11) is 0. The van der Waals surface area contributed by atoms with Crippen molar-refractivity contribution in [1.29, 1.82) is 0 Å². The van der Waals surface area contributed by atoms with Crippen molar-refractivity contribution in [2.45, 2.75) is 20.0 Å². The molecule has 110 valence electrons. The number of ether oxygens (including phenoxy) is 1. The average molecular weight is 308 g/mol. The Hall–Kier alpha value is -2.07. The van der Waals surface area contributed by atoms with Crippen molar-refractivity contribution in [3.05, 3.63) is 58.9 Å². The molecule has 21 heavy (non-hydrogen) atoms. The second-order valence-electron chi connectivity index (χ2n) is 4.69. The van der Waals surface area contributed by atoms with Gasteiger partial charge in [-0.1, -0.05) is 23.7 Å². The molecule has 1 N–H and O–H groups in total. The Morgan fingerprint density at radius 2 is 2.05 bits per heavy atom. The topological polar surface area (TPSA) is 38.3 Å². The molecule has 0 aromatic heterocycles. The summed E-state index contributed by atoms with van der Waals surface area (Å²) in [5.41, 5.74) is 1.47. The van der Waals surface area contributed by atoms with E-state index in [2.05, 4.69) is 5.32 Å². The predicted molar refractivity (Wildman–Crippen MR) is 81.3 cm³/mol. The number of halogens is 2. The Bertz CT molecular complexity index is 660. The Morgan fingerprint density at radius 3 is 2.71 bits per heavy atom. The maximum atomic E-state index is 13.1. The molecule has 0 bridgehead atoms. The van der Waals surface area contributed by atoms with Crippen molar-refractivity contribution in [3.63, 3.8) is 0 Å². The van der Waals surface area contributed by atoms with Crippen molar-refractivity contribution in [3.8, 4) is 5.75 Å². The van der Waals surface area contributed by atoms with Crippen LogP contribution in [0, 0.1) is 12.7 Å². The van der Waals surface area contributed by atoms with Crippen LogP contribution in [-0.2, 0) is 4.79 Å². The highest BCUT2D eigenvalue weighted by Crippen LogP contribution is 2.20. The molecular formula is C16H15ClFNO2. The van der Waals surface area contributed by atoms with Gasteiger partial charge in [-0.05, 0) is 49.7 Å². The molecule has 0 saturated carbocycles. The van der Waals surface area contributed by atoms with Crippen LogP contribution in [0.15, 0.2) is 42.5 Å². The largest absolute Gasteiger partial charge is 0.481 e. The lowest BCUT2D eigenvalue weighted by Gasteiger charge is -2.15. The number of hydrogen-bond acceptors (Lipinski definition) is 2. The molecule has 0 radical (unpaired) electrons. The summed E-state index contributed by atoms with van der Waals surface area (Å²) in [6.07, 6.45) is -0.685. The fourth-order valence-electron chi connectivity index (χ4n) is 1.76. The summed E-state index contributed by atoms with van der Waals surface area (Å²) in [5.74, 6) is -0.243. The lowest BCUT2D eigenvalue weighted by Crippen LogP contribution is -2.30. The van der Waals surface area contributed by atoms with E-state index >= 15 is 0 Å². The number of aryl methyl sites for hydroxylation is 1.